The lowest BCUT2D eigenvalue weighted by Crippen LogP contribution is -2.46. The standard InChI is InChI=1S/C20H29N3O5.ClH/c1-3-10-23(13-18(24)21-16-6-4-5-7-17(16)28-2)19(25)14-22-11-8-15(9-12-22)20(26)27;/h4-7,15H,3,8-14H2,1-2H3,(H,21,24)(H,26,27);1H. The predicted molar refractivity (Wildman–Crippen MR) is 113 cm³/mol. The normalized spacial score (nSPS) is 14.6. The van der Waals surface area contributed by atoms with Gasteiger partial charge in [-0.15, -0.1) is 12.4 Å². The molecule has 0 aromatic heterocycles. The van der Waals surface area contributed by atoms with E-state index in [1.54, 1.807) is 23.1 Å². The Kier molecular flexibility index (Phi) is 10.5. The Morgan fingerprint density at radius 2 is 1.90 bits per heavy atom. The molecule has 162 valence electrons. The monoisotopic (exact) mass is 427 g/mol. The first-order chi connectivity index (χ1) is 13.4. The first-order valence-electron chi connectivity index (χ1n) is 9.60. The predicted octanol–water partition coefficient (Wildman–Crippen LogP) is 2.09. The molecule has 0 unspecified atom stereocenters. The molecular weight excluding hydrogens is 398 g/mol. The molecule has 1 aliphatic heterocycles. The van der Waals surface area contributed by atoms with Crippen LogP contribution in [-0.2, 0) is 14.4 Å². The van der Waals surface area contributed by atoms with E-state index in [0.717, 1.165) is 6.42 Å². The topological polar surface area (TPSA) is 99.2 Å². The summed E-state index contributed by atoms with van der Waals surface area (Å²) >= 11 is 0. The summed E-state index contributed by atoms with van der Waals surface area (Å²) in [6.45, 7) is 3.78. The number of nitrogens with zero attached hydrogens (tertiary/aromatic N) is 2. The molecule has 9 heteroatoms. The van der Waals surface area contributed by atoms with Crippen molar-refractivity contribution in [2.75, 3.05) is 45.2 Å². The number of halogens is 1. The zero-order chi connectivity index (χ0) is 20.5. The first-order valence-corrected chi connectivity index (χ1v) is 9.60. The van der Waals surface area contributed by atoms with Crippen LogP contribution in [0, 0.1) is 5.92 Å². The molecule has 1 aliphatic rings. The van der Waals surface area contributed by atoms with Crippen LogP contribution >= 0.6 is 12.4 Å². The highest BCUT2D eigenvalue weighted by Crippen LogP contribution is 2.23. The van der Waals surface area contributed by atoms with Crippen molar-refractivity contribution in [1.82, 2.24) is 9.80 Å². The molecule has 29 heavy (non-hydrogen) atoms. The average molecular weight is 428 g/mol. The second kappa shape index (κ2) is 12.3. The van der Waals surface area contributed by atoms with Gasteiger partial charge in [0.1, 0.15) is 5.75 Å². The Hall–Kier alpha value is -2.32. The number of para-hydroxylation sites is 2. The number of amides is 2. The van der Waals surface area contributed by atoms with Crippen LogP contribution in [0.4, 0.5) is 5.69 Å². The largest absolute Gasteiger partial charge is 0.495 e. The van der Waals surface area contributed by atoms with Crippen LogP contribution in [-0.4, -0.2) is 72.5 Å². The number of piperidine rings is 1. The van der Waals surface area contributed by atoms with Crippen LogP contribution in [0.3, 0.4) is 0 Å². The van der Waals surface area contributed by atoms with E-state index >= 15 is 0 Å². The molecule has 0 saturated carbocycles. The van der Waals surface area contributed by atoms with Crippen LogP contribution in [0.2, 0.25) is 0 Å². The molecule has 8 nitrogen and oxygen atoms in total. The van der Waals surface area contributed by atoms with Gasteiger partial charge in [-0.1, -0.05) is 19.1 Å². The molecule has 0 spiro atoms. The highest BCUT2D eigenvalue weighted by Gasteiger charge is 2.27. The van der Waals surface area contributed by atoms with Gasteiger partial charge in [-0.25, -0.2) is 0 Å². The van der Waals surface area contributed by atoms with E-state index in [2.05, 4.69) is 5.32 Å². The molecule has 0 atom stereocenters. The fourth-order valence-corrected chi connectivity index (χ4v) is 3.30. The fourth-order valence-electron chi connectivity index (χ4n) is 3.30. The Morgan fingerprint density at radius 3 is 2.48 bits per heavy atom. The number of hydrogen-bond donors (Lipinski definition) is 2. The third-order valence-electron chi connectivity index (χ3n) is 4.86. The van der Waals surface area contributed by atoms with Gasteiger partial charge in [0.2, 0.25) is 11.8 Å². The summed E-state index contributed by atoms with van der Waals surface area (Å²) in [5.41, 5.74) is 0.564. The SMILES string of the molecule is CCCN(CC(=O)Nc1ccccc1OC)C(=O)CN1CCC(C(=O)O)CC1.Cl. The van der Waals surface area contributed by atoms with Gasteiger partial charge in [0.05, 0.1) is 31.8 Å². The van der Waals surface area contributed by atoms with Gasteiger partial charge in [0.15, 0.2) is 0 Å². The Morgan fingerprint density at radius 1 is 1.24 bits per heavy atom. The van der Waals surface area contributed by atoms with Crippen molar-refractivity contribution < 1.29 is 24.2 Å². The summed E-state index contributed by atoms with van der Waals surface area (Å²) in [5, 5.41) is 11.9. The fraction of sp³-hybridized carbons (Fsp3) is 0.550. The molecule has 0 radical (unpaired) electrons. The molecule has 1 saturated heterocycles. The number of likely N-dealkylation sites (tertiary alicyclic amines) is 1. The lowest BCUT2D eigenvalue weighted by Gasteiger charge is -2.31. The molecule has 1 heterocycles. The lowest BCUT2D eigenvalue weighted by molar-refractivity contribution is -0.143. The van der Waals surface area contributed by atoms with Gasteiger partial charge >= 0.3 is 5.97 Å². The molecule has 1 aromatic rings. The molecule has 0 aliphatic carbocycles. The molecule has 2 amide bonds. The Balaban J connectivity index is 0.00000420. The number of benzene rings is 1. The van der Waals surface area contributed by atoms with Gasteiger partial charge in [-0.2, -0.15) is 0 Å². The zero-order valence-corrected chi connectivity index (χ0v) is 17.7. The average Bonchev–Trinajstić information content (AvgIpc) is 2.68. The van der Waals surface area contributed by atoms with Crippen LogP contribution < -0.4 is 10.1 Å². The van der Waals surface area contributed by atoms with E-state index in [4.69, 9.17) is 9.84 Å². The number of anilines is 1. The zero-order valence-electron chi connectivity index (χ0n) is 16.9. The van der Waals surface area contributed by atoms with Crippen molar-refractivity contribution in [2.45, 2.75) is 26.2 Å². The van der Waals surface area contributed by atoms with Crippen LogP contribution in [0.5, 0.6) is 5.75 Å². The minimum Gasteiger partial charge on any atom is -0.495 e. The molecule has 1 aromatic carbocycles. The number of carbonyl (C=O) groups excluding carboxylic acids is 2. The number of ether oxygens (including phenoxy) is 1. The van der Waals surface area contributed by atoms with E-state index < -0.39 is 5.97 Å². The molecule has 0 bridgehead atoms. The number of nitrogens with one attached hydrogen (secondary N) is 1. The van der Waals surface area contributed by atoms with Crippen molar-refractivity contribution >= 4 is 35.9 Å². The van der Waals surface area contributed by atoms with Crippen molar-refractivity contribution in [1.29, 1.82) is 0 Å². The van der Waals surface area contributed by atoms with E-state index in [1.807, 2.05) is 17.9 Å². The summed E-state index contributed by atoms with van der Waals surface area (Å²) in [5.74, 6) is -0.941. The third kappa shape index (κ3) is 7.55. The molecule has 2 rings (SSSR count). The highest BCUT2D eigenvalue weighted by molar-refractivity contribution is 5.95. The second-order valence-corrected chi connectivity index (χ2v) is 6.95. The molecular formula is C20H30ClN3O5. The quantitative estimate of drug-likeness (QED) is 0.626. The van der Waals surface area contributed by atoms with Gasteiger partial charge in [0, 0.05) is 6.54 Å². The lowest BCUT2D eigenvalue weighted by atomic mass is 9.97. The van der Waals surface area contributed by atoms with E-state index in [0.29, 0.717) is 43.9 Å². The van der Waals surface area contributed by atoms with Crippen molar-refractivity contribution in [2.24, 2.45) is 5.92 Å². The maximum absolute atomic E-state index is 12.7. The summed E-state index contributed by atoms with van der Waals surface area (Å²) in [6.07, 6.45) is 1.84. The third-order valence-corrected chi connectivity index (χ3v) is 4.86. The minimum absolute atomic E-state index is 0. The number of methoxy groups -OCH3 is 1. The van der Waals surface area contributed by atoms with Crippen LogP contribution in [0.15, 0.2) is 24.3 Å². The van der Waals surface area contributed by atoms with Crippen molar-refractivity contribution in [3.63, 3.8) is 0 Å². The summed E-state index contributed by atoms with van der Waals surface area (Å²) in [4.78, 5) is 39.7. The first kappa shape index (κ1) is 24.7. The number of carboxylic acid groups (broad SMARTS) is 1. The second-order valence-electron chi connectivity index (χ2n) is 6.95. The Labute approximate surface area is 177 Å². The number of rotatable bonds is 9. The smallest absolute Gasteiger partial charge is 0.306 e. The van der Waals surface area contributed by atoms with E-state index in [1.165, 1.54) is 7.11 Å². The number of carbonyl (C=O) groups is 3. The number of aliphatic carboxylic acids is 1. The molecule has 1 fully saturated rings. The van der Waals surface area contributed by atoms with E-state index in [9.17, 15) is 14.4 Å². The van der Waals surface area contributed by atoms with E-state index in [-0.39, 0.29) is 43.2 Å². The highest BCUT2D eigenvalue weighted by atomic mass is 35.5. The summed E-state index contributed by atoms with van der Waals surface area (Å²) < 4.78 is 5.23. The number of carboxylic acids is 1. The summed E-state index contributed by atoms with van der Waals surface area (Å²) in [6, 6.07) is 7.11. The van der Waals surface area contributed by atoms with Gasteiger partial charge in [-0.3, -0.25) is 19.3 Å². The maximum atomic E-state index is 12.7. The number of hydrogen-bond acceptors (Lipinski definition) is 5. The van der Waals surface area contributed by atoms with Crippen LogP contribution in [0.25, 0.3) is 0 Å². The van der Waals surface area contributed by atoms with Crippen molar-refractivity contribution in [3.8, 4) is 5.75 Å². The molecule has 2 N–H and O–H groups in total. The van der Waals surface area contributed by atoms with Gasteiger partial charge < -0.3 is 20.1 Å². The van der Waals surface area contributed by atoms with Gasteiger partial charge in [0.25, 0.3) is 0 Å². The van der Waals surface area contributed by atoms with Crippen LogP contribution in [0.1, 0.15) is 26.2 Å². The Bertz CT molecular complexity index is 692. The maximum Gasteiger partial charge on any atom is 0.306 e. The summed E-state index contributed by atoms with van der Waals surface area (Å²) in [7, 11) is 1.53. The van der Waals surface area contributed by atoms with Crippen molar-refractivity contribution in [3.05, 3.63) is 24.3 Å². The van der Waals surface area contributed by atoms with Gasteiger partial charge in [-0.05, 0) is 44.5 Å². The minimum atomic E-state index is -0.772.